The lowest BCUT2D eigenvalue weighted by atomic mass is 10.1. The summed E-state index contributed by atoms with van der Waals surface area (Å²) in [6.07, 6.45) is 6.15. The number of allylic oxidation sites excluding steroid dienone is 1. The van der Waals surface area contributed by atoms with E-state index in [9.17, 15) is 5.26 Å². The van der Waals surface area contributed by atoms with Gasteiger partial charge in [0.05, 0.1) is 10.6 Å². The summed E-state index contributed by atoms with van der Waals surface area (Å²) in [6, 6.07) is 8.43. The summed E-state index contributed by atoms with van der Waals surface area (Å²) in [5, 5.41) is 11.2. The van der Waals surface area contributed by atoms with E-state index in [1.54, 1.807) is 40.6 Å². The maximum Gasteiger partial charge on any atom is 0.145 e. The Balaban J connectivity index is 1.73. The fourth-order valence-electron chi connectivity index (χ4n) is 2.80. The Bertz CT molecular complexity index is 777. The van der Waals surface area contributed by atoms with Gasteiger partial charge in [0.15, 0.2) is 0 Å². The van der Waals surface area contributed by atoms with Gasteiger partial charge in [-0.05, 0) is 23.6 Å². The standard InChI is InChI=1S/C15H10ClN3S2/c16-11-3-1-2-9-10(11)6-13-14(9)21-15(20-13)12(7-17)19-5-4-18-8-19/h1-5,8,13-14H,6H2/b15-12-. The molecule has 0 amide bonds. The van der Waals surface area contributed by atoms with Crippen LogP contribution in [0.4, 0.5) is 0 Å². The topological polar surface area (TPSA) is 41.6 Å². The minimum Gasteiger partial charge on any atom is -0.296 e. The molecule has 2 aromatic rings. The molecule has 2 unspecified atom stereocenters. The van der Waals surface area contributed by atoms with E-state index in [-0.39, 0.29) is 0 Å². The van der Waals surface area contributed by atoms with Gasteiger partial charge in [-0.2, -0.15) is 5.26 Å². The highest BCUT2D eigenvalue weighted by molar-refractivity contribution is 8.26. The predicted octanol–water partition coefficient (Wildman–Crippen LogP) is 4.33. The van der Waals surface area contributed by atoms with Crippen LogP contribution in [0.3, 0.4) is 0 Å². The van der Waals surface area contributed by atoms with Crippen LogP contribution in [0.15, 0.2) is 41.2 Å². The first kappa shape index (κ1) is 13.3. The number of benzene rings is 1. The molecule has 0 saturated carbocycles. The van der Waals surface area contributed by atoms with Gasteiger partial charge in [0.2, 0.25) is 0 Å². The van der Waals surface area contributed by atoms with Gasteiger partial charge in [-0.25, -0.2) is 4.98 Å². The summed E-state index contributed by atoms with van der Waals surface area (Å²) in [6.45, 7) is 0. The number of fused-ring (bicyclic) bond motifs is 3. The number of hydrogen-bond donors (Lipinski definition) is 0. The van der Waals surface area contributed by atoms with Crippen LogP contribution in [0.5, 0.6) is 0 Å². The van der Waals surface area contributed by atoms with Crippen LogP contribution < -0.4 is 0 Å². The summed E-state index contributed by atoms with van der Waals surface area (Å²) in [7, 11) is 0. The third-order valence-electron chi connectivity index (χ3n) is 3.76. The minimum atomic E-state index is 0.394. The first-order chi connectivity index (χ1) is 10.3. The Labute approximate surface area is 136 Å². The largest absolute Gasteiger partial charge is 0.296 e. The van der Waals surface area contributed by atoms with Gasteiger partial charge in [-0.15, -0.1) is 23.5 Å². The highest BCUT2D eigenvalue weighted by atomic mass is 35.5. The molecule has 2 heterocycles. The van der Waals surface area contributed by atoms with Crippen LogP contribution in [0, 0.1) is 11.3 Å². The maximum absolute atomic E-state index is 9.46. The van der Waals surface area contributed by atoms with Crippen LogP contribution in [-0.4, -0.2) is 14.8 Å². The summed E-state index contributed by atoms with van der Waals surface area (Å²) >= 11 is 9.86. The molecule has 6 heteroatoms. The van der Waals surface area contributed by atoms with Crippen molar-refractivity contribution in [2.24, 2.45) is 0 Å². The molecule has 0 radical (unpaired) electrons. The second-order valence-corrected chi connectivity index (χ2v) is 7.99. The summed E-state index contributed by atoms with van der Waals surface area (Å²) in [5.74, 6) is 0. The van der Waals surface area contributed by atoms with Crippen molar-refractivity contribution in [1.82, 2.24) is 9.55 Å². The van der Waals surface area contributed by atoms with Crippen molar-refractivity contribution >= 4 is 40.8 Å². The van der Waals surface area contributed by atoms with Crippen molar-refractivity contribution in [3.05, 3.63) is 57.3 Å². The number of thioether (sulfide) groups is 2. The van der Waals surface area contributed by atoms with E-state index in [1.165, 1.54) is 11.1 Å². The second kappa shape index (κ2) is 5.13. The predicted molar refractivity (Wildman–Crippen MR) is 87.9 cm³/mol. The van der Waals surface area contributed by atoms with Crippen molar-refractivity contribution in [1.29, 1.82) is 5.26 Å². The number of hydrogen-bond acceptors (Lipinski definition) is 4. The molecule has 104 valence electrons. The highest BCUT2D eigenvalue weighted by Crippen LogP contribution is 2.61. The zero-order valence-corrected chi connectivity index (χ0v) is 13.3. The lowest BCUT2D eigenvalue weighted by Crippen LogP contribution is -1.99. The summed E-state index contributed by atoms with van der Waals surface area (Å²) in [5.41, 5.74) is 3.26. The van der Waals surface area contributed by atoms with Crippen LogP contribution >= 0.6 is 35.1 Å². The van der Waals surface area contributed by atoms with Gasteiger partial charge < -0.3 is 0 Å². The molecule has 0 N–H and O–H groups in total. The van der Waals surface area contributed by atoms with Gasteiger partial charge in [0, 0.05) is 27.9 Å². The lowest BCUT2D eigenvalue weighted by molar-refractivity contribution is 0.928. The molecule has 2 aliphatic rings. The molecule has 3 nitrogen and oxygen atoms in total. The van der Waals surface area contributed by atoms with Crippen molar-refractivity contribution in [3.63, 3.8) is 0 Å². The average Bonchev–Trinajstić information content (AvgIpc) is 3.16. The minimum absolute atomic E-state index is 0.394. The molecular formula is C15H10ClN3S2. The van der Waals surface area contributed by atoms with Crippen LogP contribution in [-0.2, 0) is 6.42 Å². The number of halogens is 1. The fourth-order valence-corrected chi connectivity index (χ4v) is 6.44. The maximum atomic E-state index is 9.46. The fraction of sp³-hybridized carbons (Fsp3) is 0.200. The van der Waals surface area contributed by atoms with Crippen molar-refractivity contribution in [2.75, 3.05) is 0 Å². The average molecular weight is 332 g/mol. The van der Waals surface area contributed by atoms with E-state index < -0.39 is 0 Å². The van der Waals surface area contributed by atoms with Gasteiger partial charge in [-0.3, -0.25) is 4.57 Å². The Morgan fingerprint density at radius 2 is 2.33 bits per heavy atom. The van der Waals surface area contributed by atoms with E-state index in [1.807, 2.05) is 18.3 Å². The molecule has 0 spiro atoms. The Morgan fingerprint density at radius 3 is 3.10 bits per heavy atom. The first-order valence-corrected chi connectivity index (χ1v) is 8.65. The Hall–Kier alpha value is -1.35. The van der Waals surface area contributed by atoms with Crippen molar-refractivity contribution in [2.45, 2.75) is 16.9 Å². The molecule has 1 aliphatic carbocycles. The van der Waals surface area contributed by atoms with E-state index in [0.29, 0.717) is 16.2 Å². The summed E-state index contributed by atoms with van der Waals surface area (Å²) in [4.78, 5) is 4.02. The molecule has 1 aromatic carbocycles. The molecule has 0 bridgehead atoms. The Morgan fingerprint density at radius 1 is 1.43 bits per heavy atom. The normalized spacial score (nSPS) is 25.3. The Kier molecular flexibility index (Phi) is 3.26. The number of nitrogens with zero attached hydrogens (tertiary/aromatic N) is 3. The molecule has 21 heavy (non-hydrogen) atoms. The molecule has 1 saturated heterocycles. The van der Waals surface area contributed by atoms with Crippen LogP contribution in [0.25, 0.3) is 5.70 Å². The van der Waals surface area contributed by atoms with E-state index >= 15 is 0 Å². The van der Waals surface area contributed by atoms with Gasteiger partial charge in [-0.1, -0.05) is 23.7 Å². The molecule has 1 aliphatic heterocycles. The summed E-state index contributed by atoms with van der Waals surface area (Å²) < 4.78 is 2.87. The van der Waals surface area contributed by atoms with E-state index in [0.717, 1.165) is 15.7 Å². The molecule has 1 aromatic heterocycles. The molecule has 4 rings (SSSR count). The smallest absolute Gasteiger partial charge is 0.145 e. The number of aromatic nitrogens is 2. The zero-order chi connectivity index (χ0) is 14.4. The highest BCUT2D eigenvalue weighted by Gasteiger charge is 2.42. The van der Waals surface area contributed by atoms with Crippen LogP contribution in [0.2, 0.25) is 5.02 Å². The number of nitriles is 1. The van der Waals surface area contributed by atoms with Crippen molar-refractivity contribution in [3.8, 4) is 6.07 Å². The third-order valence-corrected chi connectivity index (χ3v) is 7.26. The molecular weight excluding hydrogens is 322 g/mol. The SMILES string of the molecule is N#C/C(=C1\SC2Cc3c(Cl)cccc3C2S1)n1ccnc1. The zero-order valence-electron chi connectivity index (χ0n) is 10.9. The van der Waals surface area contributed by atoms with Crippen molar-refractivity contribution < 1.29 is 0 Å². The number of rotatable bonds is 1. The lowest BCUT2D eigenvalue weighted by Gasteiger charge is -2.08. The van der Waals surface area contributed by atoms with Gasteiger partial charge >= 0.3 is 0 Å². The quantitative estimate of drug-likeness (QED) is 0.729. The van der Waals surface area contributed by atoms with Gasteiger partial charge in [0.1, 0.15) is 11.8 Å². The molecule has 1 fully saturated rings. The molecule has 2 atom stereocenters. The second-order valence-electron chi connectivity index (χ2n) is 4.92. The van der Waals surface area contributed by atoms with E-state index in [2.05, 4.69) is 17.1 Å². The monoisotopic (exact) mass is 331 g/mol. The van der Waals surface area contributed by atoms with E-state index in [4.69, 9.17) is 11.6 Å². The van der Waals surface area contributed by atoms with Gasteiger partial charge in [0.25, 0.3) is 0 Å². The number of imidazole rings is 1. The van der Waals surface area contributed by atoms with Crippen LogP contribution in [0.1, 0.15) is 16.4 Å². The first-order valence-electron chi connectivity index (χ1n) is 6.51. The third kappa shape index (κ3) is 2.10.